The van der Waals surface area contributed by atoms with Gasteiger partial charge in [-0.25, -0.2) is 0 Å². The summed E-state index contributed by atoms with van der Waals surface area (Å²) in [6.45, 7) is 14.9. The van der Waals surface area contributed by atoms with Crippen molar-refractivity contribution in [2.45, 2.75) is 129 Å². The number of nitrogens with zero attached hydrogens (tertiary/aromatic N) is 3. The van der Waals surface area contributed by atoms with E-state index in [9.17, 15) is 20.0 Å². The number of hydrogen-bond acceptors (Lipinski definition) is 5. The van der Waals surface area contributed by atoms with Crippen LogP contribution in [0.1, 0.15) is 128 Å². The Balaban J connectivity index is 1.89. The van der Waals surface area contributed by atoms with Crippen molar-refractivity contribution < 1.29 is 24.0 Å². The largest absolute Gasteiger partial charge is 0.481 e. The minimum atomic E-state index is -0.827. The maximum absolute atomic E-state index is 11.8. The van der Waals surface area contributed by atoms with Gasteiger partial charge in [0.1, 0.15) is 6.61 Å². The smallest absolute Gasteiger partial charge is 0.305 e. The minimum Gasteiger partial charge on any atom is -0.481 e. The summed E-state index contributed by atoms with van der Waals surface area (Å²) in [5.74, 6) is -0.827. The van der Waals surface area contributed by atoms with Crippen LogP contribution >= 0.6 is 0 Å². The molecule has 0 aromatic heterocycles. The molecule has 0 radical (unpaired) electrons. The van der Waals surface area contributed by atoms with Gasteiger partial charge in [0, 0.05) is 41.1 Å². The Hall–Kier alpha value is -4.44. The van der Waals surface area contributed by atoms with Gasteiger partial charge in [-0.05, 0) is 80.5 Å². The molecule has 2 atom stereocenters. The van der Waals surface area contributed by atoms with Gasteiger partial charge in [-0.3, -0.25) is 9.59 Å². The van der Waals surface area contributed by atoms with Crippen molar-refractivity contribution in [3.05, 3.63) is 94.2 Å². The van der Waals surface area contributed by atoms with Gasteiger partial charge in [0.25, 0.3) is 6.47 Å². The molecule has 0 saturated carbocycles. The number of hydrogen-bond donors (Lipinski definition) is 1. The fourth-order valence-electron chi connectivity index (χ4n) is 8.63. The summed E-state index contributed by atoms with van der Waals surface area (Å²) >= 11 is 0. The van der Waals surface area contributed by atoms with Gasteiger partial charge in [-0.15, -0.1) is 0 Å². The van der Waals surface area contributed by atoms with Crippen LogP contribution in [0, 0.1) is 18.3 Å². The molecule has 0 fully saturated rings. The molecule has 0 saturated heterocycles. The maximum atomic E-state index is 11.8. The Morgan fingerprint density at radius 2 is 1.73 bits per heavy atom. The first-order valence-electron chi connectivity index (χ1n) is 19.6. The number of anilines is 1. The van der Waals surface area contributed by atoms with Gasteiger partial charge in [0.05, 0.1) is 23.5 Å². The third-order valence-electron chi connectivity index (χ3n) is 11.3. The molecule has 2 aliphatic heterocycles. The SMILES string of the molecule is CCCCCC1(CC)\C(=C/C=C(C#N)/C=C/C2=[N+](CCOC=O)c3ccc(CC)cc3C2(CCC)CCCC)N(CCC(=O)O)c2ccc(C)cc21. The number of rotatable bonds is 21. The highest BCUT2D eigenvalue weighted by molar-refractivity contribution is 6.04. The van der Waals surface area contributed by atoms with Gasteiger partial charge < -0.3 is 14.7 Å². The number of fused-ring (bicyclic) bond motifs is 2. The van der Waals surface area contributed by atoms with E-state index < -0.39 is 5.97 Å². The first-order chi connectivity index (χ1) is 25.2. The van der Waals surface area contributed by atoms with Crippen LogP contribution < -0.4 is 4.90 Å². The third kappa shape index (κ3) is 8.44. The van der Waals surface area contributed by atoms with Crippen LogP contribution in [0.4, 0.5) is 11.4 Å². The van der Waals surface area contributed by atoms with Gasteiger partial charge in [-0.1, -0.05) is 96.9 Å². The number of aryl methyl sites for hydroxylation is 2. The lowest BCUT2D eigenvalue weighted by Gasteiger charge is -2.33. The molecule has 7 nitrogen and oxygen atoms in total. The highest BCUT2D eigenvalue weighted by Crippen LogP contribution is 2.53. The number of carboxylic acids is 1. The summed E-state index contributed by atoms with van der Waals surface area (Å²) in [5.41, 5.74) is 9.51. The molecular formula is C45H60N3O4+. The minimum absolute atomic E-state index is 0.0215. The summed E-state index contributed by atoms with van der Waals surface area (Å²) in [6.07, 6.45) is 19.3. The molecule has 1 N–H and O–H groups in total. The van der Waals surface area contributed by atoms with Crippen molar-refractivity contribution >= 4 is 29.5 Å². The molecule has 0 spiro atoms. The van der Waals surface area contributed by atoms with E-state index in [0.717, 1.165) is 93.4 Å². The molecule has 0 aliphatic carbocycles. The van der Waals surface area contributed by atoms with Gasteiger partial charge in [-0.2, -0.15) is 9.84 Å². The fraction of sp³-hybridized carbons (Fsp3) is 0.511. The Bertz CT molecular complexity index is 1740. The van der Waals surface area contributed by atoms with Crippen LogP contribution in [0.5, 0.6) is 0 Å². The number of carbonyl (C=O) groups excluding carboxylic acids is 1. The molecule has 2 aromatic rings. The van der Waals surface area contributed by atoms with E-state index in [1.165, 1.54) is 22.3 Å². The highest BCUT2D eigenvalue weighted by atomic mass is 16.5. The van der Waals surface area contributed by atoms with Crippen LogP contribution in [0.25, 0.3) is 0 Å². The van der Waals surface area contributed by atoms with Crippen LogP contribution in [0.15, 0.2) is 72.0 Å². The van der Waals surface area contributed by atoms with Crippen LogP contribution in [0.3, 0.4) is 0 Å². The molecule has 52 heavy (non-hydrogen) atoms. The third-order valence-corrected chi connectivity index (χ3v) is 11.3. The summed E-state index contributed by atoms with van der Waals surface area (Å²) < 4.78 is 7.53. The van der Waals surface area contributed by atoms with Crippen LogP contribution in [-0.4, -0.2) is 47.5 Å². The van der Waals surface area contributed by atoms with Crippen molar-refractivity contribution in [2.75, 3.05) is 24.6 Å². The number of carbonyl (C=O) groups is 2. The number of benzene rings is 2. The quantitative estimate of drug-likeness (QED) is 0.0457. The second kappa shape index (κ2) is 18.9. The number of carboxylic acid groups (broad SMARTS) is 1. The van der Waals surface area contributed by atoms with E-state index in [1.54, 1.807) is 0 Å². The first kappa shape index (κ1) is 40.3. The highest BCUT2D eigenvalue weighted by Gasteiger charge is 2.50. The van der Waals surface area contributed by atoms with E-state index in [-0.39, 0.29) is 23.9 Å². The van der Waals surface area contributed by atoms with E-state index in [2.05, 4.69) is 106 Å². The number of unbranched alkanes of at least 4 members (excludes halogenated alkanes) is 3. The molecule has 2 unspecified atom stereocenters. The van der Waals surface area contributed by atoms with Crippen LogP contribution in [0.2, 0.25) is 0 Å². The van der Waals surface area contributed by atoms with Crippen molar-refractivity contribution in [2.24, 2.45) is 0 Å². The maximum Gasteiger partial charge on any atom is 0.305 e. The molecule has 0 bridgehead atoms. The fourth-order valence-corrected chi connectivity index (χ4v) is 8.63. The Morgan fingerprint density at radius 3 is 2.38 bits per heavy atom. The lowest BCUT2D eigenvalue weighted by Crippen LogP contribution is -2.35. The van der Waals surface area contributed by atoms with Crippen molar-refractivity contribution in [3.63, 3.8) is 0 Å². The zero-order valence-electron chi connectivity index (χ0n) is 32.5. The Kier molecular flexibility index (Phi) is 14.6. The summed E-state index contributed by atoms with van der Waals surface area (Å²) in [6, 6.07) is 15.8. The van der Waals surface area contributed by atoms with E-state index >= 15 is 0 Å². The molecule has 278 valence electrons. The molecule has 2 heterocycles. The van der Waals surface area contributed by atoms with Gasteiger partial charge in [0.2, 0.25) is 5.69 Å². The Morgan fingerprint density at radius 1 is 0.962 bits per heavy atom. The molecule has 4 rings (SSSR count). The zero-order chi connectivity index (χ0) is 37.7. The number of nitriles is 1. The van der Waals surface area contributed by atoms with E-state index in [4.69, 9.17) is 4.74 Å². The summed E-state index contributed by atoms with van der Waals surface area (Å²) in [7, 11) is 0. The lowest BCUT2D eigenvalue weighted by molar-refractivity contribution is -0.440. The monoisotopic (exact) mass is 706 g/mol. The first-order valence-corrected chi connectivity index (χ1v) is 19.6. The Labute approximate surface area is 312 Å². The average Bonchev–Trinajstić information content (AvgIpc) is 3.54. The topological polar surface area (TPSA) is 93.6 Å². The van der Waals surface area contributed by atoms with Crippen LogP contribution in [-0.2, 0) is 31.6 Å². The summed E-state index contributed by atoms with van der Waals surface area (Å²) in [4.78, 5) is 25.2. The molecule has 0 amide bonds. The standard InChI is InChI=1S/C45H59N3O4/c1-7-12-14-26-44(11-5)37-30-34(6)15-19-39(37)47(27-23-43(50)51)41(44)21-17-36(32-46)18-22-42-45(24-9-3,25-13-8-2)38-31-35(10-4)16-20-40(38)48(42)28-29-52-33-49/h15-22,30-31,33H,7-14,23-29H2,1-6H3/p+1. The van der Waals surface area contributed by atoms with Crippen molar-refractivity contribution in [1.29, 1.82) is 5.26 Å². The zero-order valence-corrected chi connectivity index (χ0v) is 32.5. The molecular weight excluding hydrogens is 647 g/mol. The summed E-state index contributed by atoms with van der Waals surface area (Å²) in [5, 5.41) is 20.3. The molecule has 2 aliphatic rings. The average molecular weight is 707 g/mol. The number of allylic oxidation sites excluding steroid dienone is 6. The van der Waals surface area contributed by atoms with E-state index in [1.807, 2.05) is 12.2 Å². The predicted molar refractivity (Wildman–Crippen MR) is 212 cm³/mol. The van der Waals surface area contributed by atoms with Gasteiger partial charge >= 0.3 is 5.97 Å². The van der Waals surface area contributed by atoms with Crippen molar-refractivity contribution in [1.82, 2.24) is 0 Å². The van der Waals surface area contributed by atoms with Gasteiger partial charge in [0.15, 0.2) is 12.3 Å². The normalized spacial score (nSPS) is 20.4. The molecule has 7 heteroatoms. The predicted octanol–water partition coefficient (Wildman–Crippen LogP) is 10.2. The lowest BCUT2D eigenvalue weighted by atomic mass is 9.70. The molecule has 2 aromatic carbocycles. The number of ether oxygens (including phenoxy) is 1. The second-order valence-corrected chi connectivity index (χ2v) is 14.5. The number of aliphatic carboxylic acids is 1. The van der Waals surface area contributed by atoms with Crippen molar-refractivity contribution in [3.8, 4) is 6.07 Å². The second-order valence-electron chi connectivity index (χ2n) is 14.5. The van der Waals surface area contributed by atoms with E-state index in [0.29, 0.717) is 25.1 Å².